The molecule has 4 heterocycles. The van der Waals surface area contributed by atoms with Gasteiger partial charge in [0, 0.05) is 25.7 Å². The minimum Gasteiger partial charge on any atom is -0.373 e. The van der Waals surface area contributed by atoms with Gasteiger partial charge in [-0.1, -0.05) is 11.6 Å². The van der Waals surface area contributed by atoms with Gasteiger partial charge in [0.25, 0.3) is 0 Å². The molecule has 5 nitrogen and oxygen atoms in total. The van der Waals surface area contributed by atoms with Crippen LogP contribution in [0.1, 0.15) is 19.3 Å². The van der Waals surface area contributed by atoms with E-state index < -0.39 is 5.82 Å². The predicted molar refractivity (Wildman–Crippen MR) is 82.1 cm³/mol. The summed E-state index contributed by atoms with van der Waals surface area (Å²) in [4.78, 5) is 14.2. The average molecular weight is 343 g/mol. The summed E-state index contributed by atoms with van der Waals surface area (Å²) in [6, 6.07) is 0. The molecule has 0 amide bonds. The molecule has 2 aromatic heterocycles. The van der Waals surface area contributed by atoms with Crippen LogP contribution in [0.4, 0.5) is 10.2 Å². The number of rotatable bonds is 1. The molecule has 0 bridgehead atoms. The first kappa shape index (κ1) is 14.4. The van der Waals surface area contributed by atoms with E-state index in [1.807, 2.05) is 0 Å². The highest BCUT2D eigenvalue weighted by Gasteiger charge is 2.42. The monoisotopic (exact) mass is 342 g/mol. The molecular weight excluding hydrogens is 330 g/mol. The molecule has 4 rings (SSSR count). The van der Waals surface area contributed by atoms with Crippen LogP contribution in [0.2, 0.25) is 10.4 Å². The van der Waals surface area contributed by atoms with Crippen molar-refractivity contribution in [2.24, 2.45) is 0 Å². The number of ether oxygens (including phenoxy) is 1. The zero-order valence-corrected chi connectivity index (χ0v) is 13.2. The fourth-order valence-corrected chi connectivity index (χ4v) is 3.53. The lowest BCUT2D eigenvalue weighted by molar-refractivity contribution is -0.151. The van der Waals surface area contributed by atoms with Gasteiger partial charge in [-0.05, 0) is 24.4 Å². The third-order valence-corrected chi connectivity index (χ3v) is 4.83. The summed E-state index contributed by atoms with van der Waals surface area (Å²) in [5.41, 5.74) is 0.00424. The molecule has 22 heavy (non-hydrogen) atoms. The maximum absolute atomic E-state index is 14.2. The van der Waals surface area contributed by atoms with Crippen molar-refractivity contribution in [2.45, 2.75) is 24.9 Å². The molecule has 2 saturated heterocycles. The van der Waals surface area contributed by atoms with Crippen LogP contribution in [-0.2, 0) is 4.74 Å². The van der Waals surface area contributed by atoms with Crippen molar-refractivity contribution >= 4 is 39.9 Å². The molecule has 0 saturated carbocycles. The molecule has 1 unspecified atom stereocenters. The molecule has 0 aliphatic carbocycles. The van der Waals surface area contributed by atoms with E-state index in [2.05, 4.69) is 19.9 Å². The fraction of sp³-hybridized carbons (Fsp3) is 0.500. The van der Waals surface area contributed by atoms with Gasteiger partial charge in [0.05, 0.1) is 17.6 Å². The Morgan fingerprint density at radius 2 is 2.09 bits per heavy atom. The Kier molecular flexibility index (Phi) is 3.36. The zero-order chi connectivity index (χ0) is 15.3. The van der Waals surface area contributed by atoms with E-state index in [1.54, 1.807) is 0 Å². The van der Waals surface area contributed by atoms with Crippen LogP contribution in [0.25, 0.3) is 10.9 Å². The summed E-state index contributed by atoms with van der Waals surface area (Å²) in [6.07, 6.45) is 4.57. The van der Waals surface area contributed by atoms with Crippen molar-refractivity contribution in [1.82, 2.24) is 15.0 Å². The highest BCUT2D eigenvalue weighted by molar-refractivity contribution is 6.30. The van der Waals surface area contributed by atoms with Crippen molar-refractivity contribution in [3.8, 4) is 0 Å². The number of nitrogens with zero attached hydrogens (tertiary/aromatic N) is 4. The van der Waals surface area contributed by atoms with Gasteiger partial charge in [-0.3, -0.25) is 0 Å². The molecule has 2 aliphatic heterocycles. The molecule has 2 fully saturated rings. The maximum atomic E-state index is 14.2. The Balaban J connectivity index is 1.82. The number of fused-ring (bicyclic) bond motifs is 1. The molecule has 8 heteroatoms. The van der Waals surface area contributed by atoms with Crippen molar-refractivity contribution in [3.63, 3.8) is 0 Å². The number of hydrogen-bond donors (Lipinski definition) is 0. The minimum absolute atomic E-state index is 0.00202. The highest BCUT2D eigenvalue weighted by Crippen LogP contribution is 2.38. The topological polar surface area (TPSA) is 51.1 Å². The number of hydrogen-bond acceptors (Lipinski definition) is 5. The zero-order valence-electron chi connectivity index (χ0n) is 11.7. The second-order valence-corrected chi connectivity index (χ2v) is 6.44. The van der Waals surface area contributed by atoms with Crippen LogP contribution in [-0.4, -0.2) is 40.2 Å². The van der Waals surface area contributed by atoms with Crippen LogP contribution >= 0.6 is 23.2 Å². The van der Waals surface area contributed by atoms with Crippen molar-refractivity contribution in [3.05, 3.63) is 22.5 Å². The molecule has 2 aromatic rings. The van der Waals surface area contributed by atoms with Gasteiger partial charge in [-0.25, -0.2) is 14.4 Å². The lowest BCUT2D eigenvalue weighted by Gasteiger charge is -2.48. The van der Waals surface area contributed by atoms with Gasteiger partial charge in [-0.15, -0.1) is 0 Å². The molecule has 0 aromatic carbocycles. The summed E-state index contributed by atoms with van der Waals surface area (Å²) < 4.78 is 19.9. The number of pyridine rings is 1. The summed E-state index contributed by atoms with van der Waals surface area (Å²) in [6.45, 7) is 2.34. The lowest BCUT2D eigenvalue weighted by atomic mass is 9.86. The van der Waals surface area contributed by atoms with E-state index in [1.165, 1.54) is 6.20 Å². The first-order valence-electron chi connectivity index (χ1n) is 7.14. The van der Waals surface area contributed by atoms with Gasteiger partial charge in [-0.2, -0.15) is 4.98 Å². The van der Waals surface area contributed by atoms with Crippen LogP contribution < -0.4 is 4.90 Å². The van der Waals surface area contributed by atoms with Gasteiger partial charge in [0.15, 0.2) is 11.0 Å². The van der Waals surface area contributed by atoms with E-state index in [9.17, 15) is 4.39 Å². The number of halogens is 3. The van der Waals surface area contributed by atoms with Crippen LogP contribution in [0.3, 0.4) is 0 Å². The summed E-state index contributed by atoms with van der Waals surface area (Å²) >= 11 is 11.7. The molecule has 1 atom stereocenters. The molecule has 116 valence electrons. The molecular formula is C14H13Cl2FN4O. The SMILES string of the molecule is Fc1c(Cl)ncc2c(N3CCCC4(CCO4)C3)nc(Cl)nc12. The number of anilines is 1. The first-order chi connectivity index (χ1) is 10.6. The lowest BCUT2D eigenvalue weighted by Crippen LogP contribution is -2.56. The Hall–Kier alpha value is -1.24. The Morgan fingerprint density at radius 1 is 1.27 bits per heavy atom. The van der Waals surface area contributed by atoms with Crippen molar-refractivity contribution < 1.29 is 9.13 Å². The average Bonchev–Trinajstić information content (AvgIpc) is 2.49. The molecule has 0 radical (unpaired) electrons. The normalized spacial score (nSPS) is 24.8. The van der Waals surface area contributed by atoms with E-state index in [0.29, 0.717) is 11.2 Å². The summed E-state index contributed by atoms with van der Waals surface area (Å²) in [7, 11) is 0. The fourth-order valence-electron chi connectivity index (χ4n) is 3.23. The van der Waals surface area contributed by atoms with Crippen LogP contribution in [0.5, 0.6) is 0 Å². The van der Waals surface area contributed by atoms with E-state index in [0.717, 1.165) is 39.0 Å². The maximum Gasteiger partial charge on any atom is 0.225 e. The predicted octanol–water partition coefficient (Wildman–Crippen LogP) is 3.23. The number of aromatic nitrogens is 3. The van der Waals surface area contributed by atoms with Crippen molar-refractivity contribution in [1.29, 1.82) is 0 Å². The van der Waals surface area contributed by atoms with Gasteiger partial charge >= 0.3 is 0 Å². The van der Waals surface area contributed by atoms with Gasteiger partial charge in [0.1, 0.15) is 11.3 Å². The van der Waals surface area contributed by atoms with Crippen molar-refractivity contribution in [2.75, 3.05) is 24.6 Å². The van der Waals surface area contributed by atoms with E-state index in [-0.39, 0.29) is 21.6 Å². The van der Waals surface area contributed by atoms with Crippen LogP contribution in [0.15, 0.2) is 6.20 Å². The third kappa shape index (κ3) is 2.21. The highest BCUT2D eigenvalue weighted by atomic mass is 35.5. The second-order valence-electron chi connectivity index (χ2n) is 5.75. The van der Waals surface area contributed by atoms with Crippen LogP contribution in [0, 0.1) is 5.82 Å². The van der Waals surface area contributed by atoms with Gasteiger partial charge in [0.2, 0.25) is 5.28 Å². The van der Waals surface area contributed by atoms with E-state index in [4.69, 9.17) is 27.9 Å². The number of piperidine rings is 1. The second kappa shape index (κ2) is 5.15. The summed E-state index contributed by atoms with van der Waals surface area (Å²) in [5.74, 6) is -0.0797. The Labute approximate surface area is 136 Å². The smallest absolute Gasteiger partial charge is 0.225 e. The molecule has 0 N–H and O–H groups in total. The molecule has 2 aliphatic rings. The quantitative estimate of drug-likeness (QED) is 0.588. The Morgan fingerprint density at radius 3 is 2.82 bits per heavy atom. The molecule has 1 spiro atoms. The standard InChI is InChI=1S/C14H13Cl2FN4O/c15-11-9(17)10-8(6-18-11)12(20-13(16)19-10)21-4-1-2-14(7-21)3-5-22-14/h6H,1-5,7H2. The van der Waals surface area contributed by atoms with Gasteiger partial charge < -0.3 is 9.64 Å². The van der Waals surface area contributed by atoms with E-state index >= 15 is 0 Å². The first-order valence-corrected chi connectivity index (χ1v) is 7.90. The Bertz CT molecular complexity index is 753. The largest absolute Gasteiger partial charge is 0.373 e. The third-order valence-electron chi connectivity index (χ3n) is 4.40. The minimum atomic E-state index is -0.670. The summed E-state index contributed by atoms with van der Waals surface area (Å²) in [5, 5.41) is 0.297.